The maximum absolute atomic E-state index is 14.5. The summed E-state index contributed by atoms with van der Waals surface area (Å²) in [5.74, 6) is -1.12. The number of benzene rings is 2. The van der Waals surface area contributed by atoms with Gasteiger partial charge in [-0.25, -0.2) is 18.7 Å². The van der Waals surface area contributed by atoms with Crippen LogP contribution < -0.4 is 4.74 Å². The molecule has 0 saturated heterocycles. The zero-order valence-corrected chi connectivity index (χ0v) is 17.6. The van der Waals surface area contributed by atoms with E-state index in [1.54, 1.807) is 13.1 Å². The normalized spacial score (nSPS) is 11.1. The lowest BCUT2D eigenvalue weighted by Crippen LogP contribution is -2.09. The number of carbonyl (C=O) groups excluding carboxylic acids is 1. The Morgan fingerprint density at radius 2 is 2.03 bits per heavy atom. The molecule has 0 radical (unpaired) electrons. The van der Waals surface area contributed by atoms with Gasteiger partial charge in [0, 0.05) is 29.5 Å². The molecule has 9 heteroatoms. The lowest BCUT2D eigenvalue weighted by atomic mass is 10.0. The van der Waals surface area contributed by atoms with Crippen LogP contribution in [0.5, 0.6) is 5.75 Å². The van der Waals surface area contributed by atoms with Gasteiger partial charge in [0.25, 0.3) is 0 Å². The Morgan fingerprint density at radius 3 is 2.80 bits per heavy atom. The second kappa shape index (κ2) is 7.91. The van der Waals surface area contributed by atoms with Crippen LogP contribution >= 0.6 is 15.9 Å². The van der Waals surface area contributed by atoms with Crippen molar-refractivity contribution in [1.29, 1.82) is 0 Å². The van der Waals surface area contributed by atoms with Gasteiger partial charge in [-0.3, -0.25) is 9.48 Å². The first-order valence-corrected chi connectivity index (χ1v) is 9.67. The van der Waals surface area contributed by atoms with Gasteiger partial charge in [0.2, 0.25) is 0 Å². The Kier molecular flexibility index (Phi) is 5.29. The number of rotatable bonds is 5. The van der Waals surface area contributed by atoms with Crippen LogP contribution in [0.2, 0.25) is 0 Å². The summed E-state index contributed by atoms with van der Waals surface area (Å²) in [6.45, 7) is 0. The first-order valence-electron chi connectivity index (χ1n) is 8.88. The van der Waals surface area contributed by atoms with Gasteiger partial charge in [0.05, 0.1) is 18.9 Å². The van der Waals surface area contributed by atoms with E-state index in [4.69, 9.17) is 4.74 Å². The fourth-order valence-corrected chi connectivity index (χ4v) is 3.80. The van der Waals surface area contributed by atoms with Crippen molar-refractivity contribution in [1.82, 2.24) is 19.7 Å². The van der Waals surface area contributed by atoms with E-state index in [9.17, 15) is 13.6 Å². The van der Waals surface area contributed by atoms with Gasteiger partial charge in [0.15, 0.2) is 11.6 Å². The number of ether oxygens (including phenoxy) is 1. The summed E-state index contributed by atoms with van der Waals surface area (Å²) in [6, 6.07) is 7.09. The molecule has 2 aromatic carbocycles. The zero-order valence-electron chi connectivity index (χ0n) is 16.0. The van der Waals surface area contributed by atoms with Gasteiger partial charge in [-0.2, -0.15) is 5.10 Å². The van der Waals surface area contributed by atoms with E-state index in [1.165, 1.54) is 48.5 Å². The van der Waals surface area contributed by atoms with Crippen molar-refractivity contribution in [2.75, 3.05) is 7.11 Å². The minimum Gasteiger partial charge on any atom is -0.496 e. The highest BCUT2D eigenvalue weighted by molar-refractivity contribution is 9.10. The molecule has 2 heterocycles. The SMILES string of the molecule is COc1cccc(F)c1-c1nccc(C(=O)Cc2cc(F)c3c(cnn3C)c2Br)n1. The summed E-state index contributed by atoms with van der Waals surface area (Å²) in [5, 5.41) is 4.63. The Bertz CT molecular complexity index is 1290. The number of Topliss-reactive ketones (excluding diaryl/α,β-unsaturated/α-hetero) is 1. The van der Waals surface area contributed by atoms with Crippen molar-refractivity contribution in [3.63, 3.8) is 0 Å². The van der Waals surface area contributed by atoms with Gasteiger partial charge >= 0.3 is 0 Å². The first kappa shape index (κ1) is 20.1. The van der Waals surface area contributed by atoms with E-state index in [2.05, 4.69) is 31.0 Å². The summed E-state index contributed by atoms with van der Waals surface area (Å²) < 4.78 is 36.1. The number of fused-ring (bicyclic) bond motifs is 1. The molecule has 0 atom stereocenters. The van der Waals surface area contributed by atoms with Crippen LogP contribution in [-0.4, -0.2) is 32.6 Å². The van der Waals surface area contributed by atoms with Gasteiger partial charge in [-0.05, 0) is 45.8 Å². The lowest BCUT2D eigenvalue weighted by Gasteiger charge is -2.10. The predicted molar refractivity (Wildman–Crippen MR) is 110 cm³/mol. The number of ketones is 1. The highest BCUT2D eigenvalue weighted by atomic mass is 79.9. The van der Waals surface area contributed by atoms with E-state index in [0.717, 1.165) is 0 Å². The van der Waals surface area contributed by atoms with Crippen molar-refractivity contribution in [2.45, 2.75) is 6.42 Å². The summed E-state index contributed by atoms with van der Waals surface area (Å²) in [4.78, 5) is 21.2. The van der Waals surface area contributed by atoms with Gasteiger partial charge < -0.3 is 4.74 Å². The number of aromatic nitrogens is 4. The third kappa shape index (κ3) is 3.45. The monoisotopic (exact) mass is 472 g/mol. The summed E-state index contributed by atoms with van der Waals surface area (Å²) in [7, 11) is 3.05. The molecule has 30 heavy (non-hydrogen) atoms. The van der Waals surface area contributed by atoms with Gasteiger partial charge in [-0.1, -0.05) is 6.07 Å². The molecule has 0 saturated carbocycles. The molecule has 2 aromatic heterocycles. The van der Waals surface area contributed by atoms with E-state index < -0.39 is 11.6 Å². The largest absolute Gasteiger partial charge is 0.496 e. The number of hydrogen-bond donors (Lipinski definition) is 0. The van der Waals surface area contributed by atoms with Gasteiger partial charge in [0.1, 0.15) is 28.6 Å². The highest BCUT2D eigenvalue weighted by Gasteiger charge is 2.20. The maximum atomic E-state index is 14.5. The number of carbonyl (C=O) groups is 1. The fraction of sp³-hybridized carbons (Fsp3) is 0.143. The topological polar surface area (TPSA) is 69.9 Å². The average molecular weight is 473 g/mol. The molecule has 0 amide bonds. The Morgan fingerprint density at radius 1 is 1.23 bits per heavy atom. The molecule has 0 aliphatic heterocycles. The molecule has 0 N–H and O–H groups in total. The third-order valence-electron chi connectivity index (χ3n) is 4.70. The number of halogens is 3. The molecular weight excluding hydrogens is 458 g/mol. The predicted octanol–water partition coefficient (Wildman–Crippen LogP) is 4.51. The van der Waals surface area contributed by atoms with Crippen LogP contribution in [0.1, 0.15) is 16.1 Å². The minimum atomic E-state index is -0.564. The fourth-order valence-electron chi connectivity index (χ4n) is 3.26. The van der Waals surface area contributed by atoms with Crippen LogP contribution in [0.15, 0.2) is 47.2 Å². The molecule has 0 fully saturated rings. The third-order valence-corrected chi connectivity index (χ3v) is 5.63. The van der Waals surface area contributed by atoms with Crippen LogP contribution in [0.4, 0.5) is 8.78 Å². The maximum Gasteiger partial charge on any atom is 0.185 e. The quantitative estimate of drug-likeness (QED) is 0.399. The van der Waals surface area contributed by atoms with Gasteiger partial charge in [-0.15, -0.1) is 0 Å². The van der Waals surface area contributed by atoms with Crippen LogP contribution in [0.25, 0.3) is 22.3 Å². The van der Waals surface area contributed by atoms with Crippen LogP contribution in [0.3, 0.4) is 0 Å². The molecule has 0 unspecified atom stereocenters. The average Bonchev–Trinajstić information content (AvgIpc) is 3.14. The number of methoxy groups -OCH3 is 1. The number of nitrogens with zero attached hydrogens (tertiary/aromatic N) is 4. The number of aryl methyl sites for hydroxylation is 1. The lowest BCUT2D eigenvalue weighted by molar-refractivity contribution is 0.0988. The molecule has 4 aromatic rings. The standard InChI is InChI=1S/C21H15BrF2N4O2/c1-28-20-12(10-26-28)19(22)11(8-14(20)24)9-16(29)15-6-7-25-21(27-15)18-13(23)4-3-5-17(18)30-2/h3-8,10H,9H2,1-2H3. The smallest absolute Gasteiger partial charge is 0.185 e. The van der Waals surface area contributed by atoms with Crippen molar-refractivity contribution in [2.24, 2.45) is 7.05 Å². The van der Waals surface area contributed by atoms with Crippen molar-refractivity contribution >= 4 is 32.6 Å². The molecule has 0 spiro atoms. The molecule has 0 aliphatic rings. The van der Waals surface area contributed by atoms with Crippen LogP contribution in [0, 0.1) is 11.6 Å². The van der Waals surface area contributed by atoms with Crippen molar-refractivity contribution in [3.8, 4) is 17.1 Å². The van der Waals surface area contributed by atoms with Crippen molar-refractivity contribution in [3.05, 3.63) is 70.1 Å². The Balaban J connectivity index is 1.70. The van der Waals surface area contributed by atoms with Crippen molar-refractivity contribution < 1.29 is 18.3 Å². The molecule has 152 valence electrons. The number of hydrogen-bond acceptors (Lipinski definition) is 5. The summed E-state index contributed by atoms with van der Waals surface area (Å²) >= 11 is 3.44. The van der Waals surface area contributed by atoms with E-state index >= 15 is 0 Å². The molecule has 6 nitrogen and oxygen atoms in total. The second-order valence-electron chi connectivity index (χ2n) is 6.54. The molecule has 0 aliphatic carbocycles. The minimum absolute atomic E-state index is 0.0313. The molecular formula is C21H15BrF2N4O2. The zero-order chi connectivity index (χ0) is 21.4. The Hall–Kier alpha value is -3.20. The van der Waals surface area contributed by atoms with E-state index in [-0.39, 0.29) is 35.0 Å². The molecule has 4 rings (SSSR count). The second-order valence-corrected chi connectivity index (χ2v) is 7.34. The highest BCUT2D eigenvalue weighted by Crippen LogP contribution is 2.32. The summed E-state index contributed by atoms with van der Waals surface area (Å²) in [6.07, 6.45) is 2.80. The van der Waals surface area contributed by atoms with E-state index in [0.29, 0.717) is 20.9 Å². The first-order chi connectivity index (χ1) is 14.4. The summed E-state index contributed by atoms with van der Waals surface area (Å²) in [5.41, 5.74) is 0.957. The van der Waals surface area contributed by atoms with E-state index in [1.807, 2.05) is 0 Å². The van der Waals surface area contributed by atoms with Crippen LogP contribution in [-0.2, 0) is 13.5 Å². The Labute approximate surface area is 178 Å². The molecule has 0 bridgehead atoms.